The maximum absolute atomic E-state index is 15.2. The van der Waals surface area contributed by atoms with Crippen LogP contribution in [0.2, 0.25) is 0 Å². The molecule has 2 aromatic carbocycles. The molecule has 2 bridgehead atoms. The highest BCUT2D eigenvalue weighted by Crippen LogP contribution is 2.34. The van der Waals surface area contributed by atoms with Gasteiger partial charge in [0.25, 0.3) is 11.8 Å². The zero-order valence-electron chi connectivity index (χ0n) is 46.8. The number of aromatic nitrogens is 2. The molecule has 2 saturated carbocycles. The van der Waals surface area contributed by atoms with Gasteiger partial charge < -0.3 is 61.2 Å². The normalized spacial score (nSPS) is 26.3. The van der Waals surface area contributed by atoms with Gasteiger partial charge in [-0.25, -0.2) is 19.6 Å². The monoisotopic (exact) mass is 1130 g/mol. The van der Waals surface area contributed by atoms with E-state index in [1.165, 1.54) is 57.9 Å². The number of nitrogens with one attached hydrogen (secondary N) is 4. The van der Waals surface area contributed by atoms with Gasteiger partial charge in [0.15, 0.2) is 11.4 Å². The third kappa shape index (κ3) is 13.1. The van der Waals surface area contributed by atoms with Gasteiger partial charge in [0.2, 0.25) is 35.4 Å². The second-order valence-electron chi connectivity index (χ2n) is 21.7. The average molecular weight is 1130 g/mol. The van der Waals surface area contributed by atoms with Crippen molar-refractivity contribution in [1.29, 1.82) is 0 Å². The molecule has 2 aromatic heterocycles. The number of likely N-dealkylation sites (N-methyl/N-ethyl adjacent to an activating group) is 4. The van der Waals surface area contributed by atoms with Crippen LogP contribution < -0.4 is 27.0 Å². The number of esters is 2. The van der Waals surface area contributed by atoms with Crippen molar-refractivity contribution < 1.29 is 62.5 Å². The lowest BCUT2D eigenvalue weighted by atomic mass is 9.95. The number of carbonyl (C=O) groups excluding carboxylic acids is 10. The van der Waals surface area contributed by atoms with Crippen LogP contribution in [0.5, 0.6) is 5.75 Å². The summed E-state index contributed by atoms with van der Waals surface area (Å²) < 4.78 is 11.8. The van der Waals surface area contributed by atoms with E-state index < -0.39 is 144 Å². The first-order valence-corrected chi connectivity index (χ1v) is 27.7. The van der Waals surface area contributed by atoms with Gasteiger partial charge in [0, 0.05) is 39.0 Å². The average Bonchev–Trinajstić information content (AvgIpc) is 4.30. The van der Waals surface area contributed by atoms with Gasteiger partial charge in [-0.15, -0.1) is 0 Å². The molecule has 436 valence electrons. The topological polar surface area (TPSA) is 322 Å². The summed E-state index contributed by atoms with van der Waals surface area (Å²) >= 11 is 0. The van der Waals surface area contributed by atoms with Crippen LogP contribution >= 0.6 is 0 Å². The van der Waals surface area contributed by atoms with Gasteiger partial charge >= 0.3 is 11.9 Å². The zero-order valence-corrected chi connectivity index (χ0v) is 46.8. The number of carbonyl (C=O) groups is 10. The minimum Gasteiger partial charge on any atom is -0.505 e. The molecule has 8 rings (SSSR count). The van der Waals surface area contributed by atoms with E-state index in [4.69, 9.17) is 15.2 Å². The molecule has 24 heteroatoms. The molecule has 4 aromatic rings. The number of nitrogens with zero attached hydrogens (tertiary/aromatic N) is 6. The molecule has 2 aliphatic heterocycles. The summed E-state index contributed by atoms with van der Waals surface area (Å²) in [5, 5.41) is 22.4. The summed E-state index contributed by atoms with van der Waals surface area (Å²) in [5.74, 6) is -10.2. The Bertz CT molecular complexity index is 2970. The zero-order chi connectivity index (χ0) is 59.1. The number of nitrogen functional groups attached to an aromatic ring is 1. The van der Waals surface area contributed by atoms with Crippen molar-refractivity contribution in [1.82, 2.24) is 50.8 Å². The van der Waals surface area contributed by atoms with Gasteiger partial charge in [-0.3, -0.25) is 38.4 Å². The molecule has 24 nitrogen and oxygen atoms in total. The van der Waals surface area contributed by atoms with Crippen molar-refractivity contribution in [2.24, 2.45) is 11.8 Å². The number of rotatable bonds is 6. The molecule has 0 spiro atoms. The first-order chi connectivity index (χ1) is 39.1. The third-order valence-electron chi connectivity index (χ3n) is 16.2. The summed E-state index contributed by atoms with van der Waals surface area (Å²) in [4.78, 5) is 159. The van der Waals surface area contributed by atoms with Crippen LogP contribution in [-0.4, -0.2) is 184 Å². The number of nitrogens with two attached hydrogens (primary N) is 1. The Balaban J connectivity index is 1.18. The van der Waals surface area contributed by atoms with E-state index >= 15 is 9.59 Å². The van der Waals surface area contributed by atoms with E-state index in [2.05, 4.69) is 31.2 Å². The smallest absolute Gasteiger partial charge is 0.329 e. The molecular weight excluding hydrogens is 1060 g/mol. The van der Waals surface area contributed by atoms with Crippen molar-refractivity contribution >= 4 is 86.7 Å². The predicted octanol–water partition coefficient (Wildman–Crippen LogP) is 2.12. The fourth-order valence-corrected chi connectivity index (χ4v) is 11.5. The van der Waals surface area contributed by atoms with E-state index in [1.54, 1.807) is 66.7 Å². The Morgan fingerprint density at radius 3 is 1.40 bits per heavy atom. The number of cyclic esters (lactones) is 2. The number of para-hydroxylation sites is 2. The van der Waals surface area contributed by atoms with Crippen LogP contribution in [0.15, 0.2) is 72.8 Å². The van der Waals surface area contributed by atoms with Crippen molar-refractivity contribution in [2.45, 2.75) is 126 Å². The van der Waals surface area contributed by atoms with Gasteiger partial charge in [-0.1, -0.05) is 74.2 Å². The highest BCUT2D eigenvalue weighted by Gasteiger charge is 2.45. The third-order valence-corrected chi connectivity index (χ3v) is 16.2. The highest BCUT2D eigenvalue weighted by atomic mass is 16.5. The number of pyridine rings is 2. The molecule has 4 aliphatic rings. The maximum Gasteiger partial charge on any atom is 0.329 e. The molecule has 2 aliphatic carbocycles. The Hall–Kier alpha value is -8.70. The molecule has 8 atom stereocenters. The standard InChI is InChI=1S/C58H71N11O13/c1-31-53(75)66(3)42-25-15-16-26-43(55(77)68(5)47(33-17-7-8-18-33)57(79)81-29-40(49(71)60-31)64-51(73)45-37(59)27-35-21-11-13-23-38(35)62-45)67(4)54(76)32(2)61-50(72)41(30-82-58(80)48(69(6)56(42)78)34-19-9-10-20-34)65-52(74)46-44(70)28-36-22-12-14-24-39(36)63-46/h11-16,21-24,27-28,31-34,40-43,47-48,70H,7-10,17-20,25-26,29-30,59H2,1-6H3,(H,60,71)(H,61,72)(H,64,73)(H,65,74)/b16-15-/t31?,32?,40?,41?,42-,43-,47?,48?/m0/s1. The number of anilines is 1. The molecule has 7 N–H and O–H groups in total. The van der Waals surface area contributed by atoms with Gasteiger partial charge in [-0.2, -0.15) is 0 Å². The second-order valence-corrected chi connectivity index (χ2v) is 21.7. The van der Waals surface area contributed by atoms with Crippen molar-refractivity contribution in [3.8, 4) is 5.75 Å². The van der Waals surface area contributed by atoms with E-state index in [-0.39, 0.29) is 24.2 Å². The number of hydrogen-bond donors (Lipinski definition) is 6. The number of benzene rings is 2. The molecule has 8 amide bonds. The molecular formula is C58H71N11O13. The van der Waals surface area contributed by atoms with Crippen LogP contribution in [-0.2, 0) is 47.8 Å². The summed E-state index contributed by atoms with van der Waals surface area (Å²) in [7, 11) is 5.46. The van der Waals surface area contributed by atoms with Crippen molar-refractivity contribution in [2.75, 3.05) is 47.1 Å². The molecule has 6 unspecified atom stereocenters. The first-order valence-electron chi connectivity index (χ1n) is 27.7. The molecule has 4 heterocycles. The lowest BCUT2D eigenvalue weighted by molar-refractivity contribution is -0.161. The molecule has 0 radical (unpaired) electrons. The van der Waals surface area contributed by atoms with Crippen molar-refractivity contribution in [3.05, 3.63) is 84.2 Å². The number of fused-ring (bicyclic) bond motifs is 6. The van der Waals surface area contributed by atoms with Crippen molar-refractivity contribution in [3.63, 3.8) is 0 Å². The largest absolute Gasteiger partial charge is 0.505 e. The maximum atomic E-state index is 15.2. The summed E-state index contributed by atoms with van der Waals surface area (Å²) in [6, 6.07) is 4.92. The Labute approximate surface area is 473 Å². The lowest BCUT2D eigenvalue weighted by Gasteiger charge is -2.37. The SMILES string of the molecule is CC1NC(=O)C(NC(=O)c2nc3ccccc3cc2N)COC(=O)C(C2CCCC2)N(C)C(=O)[C@@H]2C/C=C\C[C@@H](C(=O)N(C)C(C3CCCC3)C(=O)OCC(NC(=O)c3nc4ccccc4cc3O)C(=O)NC(C)C(=O)N2C)N(C)C1=O. The number of amides is 8. The minimum atomic E-state index is -1.73. The van der Waals surface area contributed by atoms with E-state index in [9.17, 15) is 43.5 Å². The van der Waals surface area contributed by atoms with E-state index in [1.807, 2.05) is 0 Å². The van der Waals surface area contributed by atoms with Crippen LogP contribution in [0.1, 0.15) is 99.0 Å². The van der Waals surface area contributed by atoms with E-state index in [0.29, 0.717) is 60.3 Å². The summed E-state index contributed by atoms with van der Waals surface area (Å²) in [6.07, 6.45) is 7.58. The highest BCUT2D eigenvalue weighted by molar-refractivity contribution is 6.04. The Morgan fingerprint density at radius 2 is 0.963 bits per heavy atom. The first kappa shape index (κ1) is 59.4. The number of aromatic hydroxyl groups is 1. The van der Waals surface area contributed by atoms with Gasteiger partial charge in [-0.05, 0) is 88.5 Å². The summed E-state index contributed by atoms with van der Waals surface area (Å²) in [6.45, 7) is 1.10. The number of ether oxygens (including phenoxy) is 2. The van der Waals surface area contributed by atoms with Gasteiger partial charge in [0.05, 0.1) is 16.7 Å². The molecule has 2 fully saturated rings. The summed E-state index contributed by atoms with van der Waals surface area (Å²) in [5.41, 5.74) is 6.37. The van der Waals surface area contributed by atoms with Crippen LogP contribution in [0, 0.1) is 11.8 Å². The second kappa shape index (κ2) is 25.8. The Morgan fingerprint density at radius 1 is 0.573 bits per heavy atom. The van der Waals surface area contributed by atoms with Crippen LogP contribution in [0.25, 0.3) is 21.8 Å². The minimum absolute atomic E-state index is 0.0179. The fraction of sp³-hybridized carbons (Fsp3) is 0.483. The van der Waals surface area contributed by atoms with Crippen LogP contribution in [0.4, 0.5) is 5.69 Å². The Kier molecular flexibility index (Phi) is 18.7. The van der Waals surface area contributed by atoms with Crippen LogP contribution in [0.3, 0.4) is 0 Å². The quantitative estimate of drug-likeness (QED) is 0.119. The molecule has 0 saturated heterocycles. The van der Waals surface area contributed by atoms with E-state index in [0.717, 1.165) is 22.6 Å². The van der Waals surface area contributed by atoms with Gasteiger partial charge in [0.1, 0.15) is 67.3 Å². The molecule has 82 heavy (non-hydrogen) atoms. The number of hydrogen-bond acceptors (Lipinski definition) is 16. The lowest BCUT2D eigenvalue weighted by Crippen LogP contribution is -2.60. The fourth-order valence-electron chi connectivity index (χ4n) is 11.5. The predicted molar refractivity (Wildman–Crippen MR) is 298 cm³/mol.